The van der Waals surface area contributed by atoms with Gasteiger partial charge in [0.05, 0.1) is 0 Å². The van der Waals surface area contributed by atoms with E-state index in [0.717, 1.165) is 36.0 Å². The summed E-state index contributed by atoms with van der Waals surface area (Å²) in [4.78, 5) is 9.26. The van der Waals surface area contributed by atoms with Crippen LogP contribution in [0.4, 0.5) is 11.6 Å². The predicted molar refractivity (Wildman–Crippen MR) is 85.3 cm³/mol. The van der Waals surface area contributed by atoms with E-state index in [1.165, 1.54) is 0 Å². The fourth-order valence-electron chi connectivity index (χ4n) is 2.90. The second-order valence-corrected chi connectivity index (χ2v) is 6.87. The highest BCUT2D eigenvalue weighted by Crippen LogP contribution is 2.63. The highest BCUT2D eigenvalue weighted by atomic mass is 15.1. The Morgan fingerprint density at radius 1 is 1.00 bits per heavy atom. The maximum atomic E-state index is 4.68. The molecule has 112 valence electrons. The first kappa shape index (κ1) is 15.1. The summed E-state index contributed by atoms with van der Waals surface area (Å²) >= 11 is 0. The van der Waals surface area contributed by atoms with Gasteiger partial charge in [-0.3, -0.25) is 0 Å². The van der Waals surface area contributed by atoms with Gasteiger partial charge in [-0.05, 0) is 24.7 Å². The first-order chi connectivity index (χ1) is 9.25. The third kappa shape index (κ3) is 2.25. The second-order valence-electron chi connectivity index (χ2n) is 6.87. The van der Waals surface area contributed by atoms with Crippen LogP contribution < -0.4 is 10.6 Å². The molecule has 0 atom stereocenters. The Balaban J connectivity index is 2.30. The molecule has 1 fully saturated rings. The Labute approximate surface area is 122 Å². The van der Waals surface area contributed by atoms with Crippen LogP contribution in [0.15, 0.2) is 0 Å². The van der Waals surface area contributed by atoms with E-state index in [9.17, 15) is 0 Å². The first-order valence-corrected chi connectivity index (χ1v) is 7.63. The number of hydrogen-bond acceptors (Lipinski definition) is 4. The molecule has 0 saturated heterocycles. The number of nitrogens with one attached hydrogen (secondary N) is 2. The molecule has 0 aliphatic heterocycles. The first-order valence-electron chi connectivity index (χ1n) is 7.63. The van der Waals surface area contributed by atoms with Crippen LogP contribution in [0.2, 0.25) is 0 Å². The molecule has 0 amide bonds. The smallest absolute Gasteiger partial charge is 0.135 e. The summed E-state index contributed by atoms with van der Waals surface area (Å²) in [6.45, 7) is 16.4. The molecule has 0 unspecified atom stereocenters. The average molecular weight is 276 g/mol. The Hall–Kier alpha value is -1.32. The van der Waals surface area contributed by atoms with E-state index in [-0.39, 0.29) is 0 Å². The van der Waals surface area contributed by atoms with E-state index in [1.54, 1.807) is 0 Å². The van der Waals surface area contributed by atoms with Gasteiger partial charge in [0.15, 0.2) is 0 Å². The minimum Gasteiger partial charge on any atom is -0.370 e. The molecule has 1 aliphatic carbocycles. The molecule has 2 N–H and O–H groups in total. The standard InChI is InChI=1S/C16H28N4/c1-8-11-18-12(17-9-2)10(3)13(19-11)20-14-15(4,5)16(14,6)7/h14H,8-9H2,1-7H3,(H2,17,18,19,20). The summed E-state index contributed by atoms with van der Waals surface area (Å²) in [5, 5.41) is 6.98. The van der Waals surface area contributed by atoms with Crippen LogP contribution >= 0.6 is 0 Å². The molecule has 1 aromatic rings. The van der Waals surface area contributed by atoms with Crippen molar-refractivity contribution in [1.29, 1.82) is 0 Å². The molecule has 0 bridgehead atoms. The highest BCUT2D eigenvalue weighted by molar-refractivity contribution is 5.59. The van der Waals surface area contributed by atoms with Gasteiger partial charge in [0, 0.05) is 24.6 Å². The van der Waals surface area contributed by atoms with E-state index in [0.29, 0.717) is 16.9 Å². The number of rotatable bonds is 5. The van der Waals surface area contributed by atoms with E-state index in [2.05, 4.69) is 69.1 Å². The summed E-state index contributed by atoms with van der Waals surface area (Å²) in [6.07, 6.45) is 0.852. The number of nitrogens with zero attached hydrogens (tertiary/aromatic N) is 2. The van der Waals surface area contributed by atoms with Gasteiger partial charge in [-0.25, -0.2) is 9.97 Å². The third-order valence-electron chi connectivity index (χ3n) is 5.15. The van der Waals surface area contributed by atoms with E-state index < -0.39 is 0 Å². The zero-order valence-electron chi connectivity index (χ0n) is 13.9. The van der Waals surface area contributed by atoms with Crippen molar-refractivity contribution in [1.82, 2.24) is 9.97 Å². The number of anilines is 2. The lowest BCUT2D eigenvalue weighted by atomic mass is 10.0. The van der Waals surface area contributed by atoms with Crippen LogP contribution in [0.3, 0.4) is 0 Å². The fraction of sp³-hybridized carbons (Fsp3) is 0.750. The van der Waals surface area contributed by atoms with Crippen molar-refractivity contribution >= 4 is 11.6 Å². The molecular weight excluding hydrogens is 248 g/mol. The molecule has 4 nitrogen and oxygen atoms in total. The van der Waals surface area contributed by atoms with Crippen LogP contribution in [-0.2, 0) is 6.42 Å². The molecule has 4 heteroatoms. The normalized spacial score (nSPS) is 19.8. The van der Waals surface area contributed by atoms with Gasteiger partial charge in [-0.15, -0.1) is 0 Å². The second kappa shape index (κ2) is 4.90. The zero-order valence-corrected chi connectivity index (χ0v) is 13.9. The van der Waals surface area contributed by atoms with E-state index in [1.807, 2.05) is 0 Å². The monoisotopic (exact) mass is 276 g/mol. The van der Waals surface area contributed by atoms with Gasteiger partial charge >= 0.3 is 0 Å². The molecule has 1 heterocycles. The van der Waals surface area contributed by atoms with Crippen molar-refractivity contribution in [3.05, 3.63) is 11.4 Å². The Kier molecular flexibility index (Phi) is 3.69. The fourth-order valence-corrected chi connectivity index (χ4v) is 2.90. The molecule has 0 radical (unpaired) electrons. The number of aryl methyl sites for hydroxylation is 1. The summed E-state index contributed by atoms with van der Waals surface area (Å²) in [5.74, 6) is 2.83. The molecular formula is C16H28N4. The highest BCUT2D eigenvalue weighted by Gasteiger charge is 2.65. The minimum absolute atomic E-state index is 0.301. The quantitative estimate of drug-likeness (QED) is 0.862. The van der Waals surface area contributed by atoms with Gasteiger partial charge in [-0.1, -0.05) is 34.6 Å². The maximum Gasteiger partial charge on any atom is 0.135 e. The van der Waals surface area contributed by atoms with E-state index in [4.69, 9.17) is 0 Å². The maximum absolute atomic E-state index is 4.68. The summed E-state index contributed by atoms with van der Waals surface area (Å²) in [6, 6.07) is 0.461. The van der Waals surface area contributed by atoms with Gasteiger partial charge in [0.25, 0.3) is 0 Å². The van der Waals surface area contributed by atoms with Crippen molar-refractivity contribution < 1.29 is 0 Å². The lowest BCUT2D eigenvalue weighted by Gasteiger charge is -2.15. The van der Waals surface area contributed by atoms with Crippen LogP contribution in [0.5, 0.6) is 0 Å². The average Bonchev–Trinajstić information content (AvgIpc) is 2.76. The van der Waals surface area contributed by atoms with Crippen molar-refractivity contribution in [2.75, 3.05) is 17.2 Å². The summed E-state index contributed by atoms with van der Waals surface area (Å²) in [7, 11) is 0. The Morgan fingerprint density at radius 2 is 1.55 bits per heavy atom. The van der Waals surface area contributed by atoms with E-state index >= 15 is 0 Å². The molecule has 1 saturated carbocycles. The predicted octanol–water partition coefficient (Wildman–Crippen LogP) is 3.63. The van der Waals surface area contributed by atoms with Gasteiger partial charge in [-0.2, -0.15) is 0 Å². The lowest BCUT2D eigenvalue weighted by Crippen LogP contribution is -2.15. The largest absolute Gasteiger partial charge is 0.370 e. The van der Waals surface area contributed by atoms with Gasteiger partial charge in [0.1, 0.15) is 17.5 Å². The SMILES string of the molecule is CCNc1nc(CC)nc(NC2C(C)(C)C2(C)C)c1C. The van der Waals surface area contributed by atoms with Gasteiger partial charge in [0.2, 0.25) is 0 Å². The minimum atomic E-state index is 0.301. The molecule has 1 aliphatic rings. The summed E-state index contributed by atoms with van der Waals surface area (Å²) < 4.78 is 0. The van der Waals surface area contributed by atoms with Crippen molar-refractivity contribution in [3.63, 3.8) is 0 Å². The Bertz CT molecular complexity index is 491. The van der Waals surface area contributed by atoms with Crippen LogP contribution in [0, 0.1) is 17.8 Å². The van der Waals surface area contributed by atoms with Crippen molar-refractivity contribution in [3.8, 4) is 0 Å². The van der Waals surface area contributed by atoms with Crippen LogP contribution in [0.25, 0.3) is 0 Å². The van der Waals surface area contributed by atoms with Crippen LogP contribution in [-0.4, -0.2) is 22.6 Å². The van der Waals surface area contributed by atoms with Crippen molar-refractivity contribution in [2.45, 2.75) is 60.9 Å². The Morgan fingerprint density at radius 3 is 2.00 bits per heavy atom. The van der Waals surface area contributed by atoms with Gasteiger partial charge < -0.3 is 10.6 Å². The van der Waals surface area contributed by atoms with Crippen LogP contribution in [0.1, 0.15) is 52.9 Å². The number of aromatic nitrogens is 2. The molecule has 0 spiro atoms. The zero-order chi connectivity index (χ0) is 15.1. The molecule has 2 rings (SSSR count). The molecule has 20 heavy (non-hydrogen) atoms. The topological polar surface area (TPSA) is 49.8 Å². The molecule has 1 aromatic heterocycles. The summed E-state index contributed by atoms with van der Waals surface area (Å²) in [5.41, 5.74) is 1.71. The molecule has 0 aromatic carbocycles. The lowest BCUT2D eigenvalue weighted by molar-refractivity contribution is 0.457. The number of hydrogen-bond donors (Lipinski definition) is 2. The van der Waals surface area contributed by atoms with Crippen molar-refractivity contribution in [2.24, 2.45) is 10.8 Å². The third-order valence-corrected chi connectivity index (χ3v) is 5.15.